The lowest BCUT2D eigenvalue weighted by Crippen LogP contribution is -2.00. The van der Waals surface area contributed by atoms with Crippen molar-refractivity contribution in [3.63, 3.8) is 0 Å². The minimum absolute atomic E-state index is 0.144. The molecule has 0 saturated carbocycles. The van der Waals surface area contributed by atoms with Gasteiger partial charge in [-0.25, -0.2) is 4.57 Å². The first-order valence-electron chi connectivity index (χ1n) is 4.29. The fraction of sp³-hybridized carbons (Fsp3) is 1.00. The molecule has 0 bridgehead atoms. The van der Waals surface area contributed by atoms with Crippen molar-refractivity contribution in [3.8, 4) is 0 Å². The Bertz CT molecular complexity index is 96.1. The van der Waals surface area contributed by atoms with E-state index < -0.39 is 0 Å². The smallest absolute Gasteiger partial charge is 0.291 e. The minimum Gasteiger partial charge on any atom is -0.291 e. The number of unbranched alkanes of at least 4 members (excludes halogenated alkanes) is 3. The molecule has 0 spiro atoms. The number of rotatable bonds is 7. The third-order valence-corrected chi connectivity index (χ3v) is 2.13. The van der Waals surface area contributed by atoms with E-state index >= 15 is 0 Å². The topological polar surface area (TPSA) is 26.3 Å². The van der Waals surface area contributed by atoms with Crippen molar-refractivity contribution >= 4 is 8.69 Å². The van der Waals surface area contributed by atoms with Crippen LogP contribution in [0, 0.1) is 0 Å². The Kier molecular flexibility index (Phi) is 8.20. The Morgan fingerprint density at radius 3 is 2.64 bits per heavy atom. The van der Waals surface area contributed by atoms with Gasteiger partial charge in [0.15, 0.2) is 0 Å². The normalized spacial score (nSPS) is 13.6. The fourth-order valence-corrected chi connectivity index (χ4v) is 1.24. The summed E-state index contributed by atoms with van der Waals surface area (Å²) in [6, 6.07) is 0. The highest BCUT2D eigenvalue weighted by molar-refractivity contribution is 7.17. The molecule has 11 heavy (non-hydrogen) atoms. The maximum atomic E-state index is 9.98. The molecule has 0 amide bonds. The van der Waals surface area contributed by atoms with Crippen LogP contribution in [0.25, 0.3) is 0 Å². The summed E-state index contributed by atoms with van der Waals surface area (Å²) in [5.74, 6) is 0. The zero-order chi connectivity index (χ0) is 8.53. The zero-order valence-electron chi connectivity index (χ0n) is 7.38. The summed E-state index contributed by atoms with van der Waals surface area (Å²) >= 11 is 0. The van der Waals surface area contributed by atoms with Gasteiger partial charge >= 0.3 is 8.69 Å². The van der Waals surface area contributed by atoms with Crippen LogP contribution < -0.4 is 0 Å². The van der Waals surface area contributed by atoms with Crippen molar-refractivity contribution in [1.82, 2.24) is 0 Å². The van der Waals surface area contributed by atoms with Gasteiger partial charge in [0.25, 0.3) is 0 Å². The Balaban J connectivity index is 3.03. The van der Waals surface area contributed by atoms with Gasteiger partial charge in [-0.15, -0.1) is 0 Å². The molecule has 0 aromatic rings. The van der Waals surface area contributed by atoms with E-state index in [1.165, 1.54) is 25.7 Å². The lowest BCUT2D eigenvalue weighted by Gasteiger charge is -2.05. The van der Waals surface area contributed by atoms with Gasteiger partial charge in [0, 0.05) is 0 Å². The molecule has 66 valence electrons. The first-order valence-corrected chi connectivity index (χ1v) is 5.02. The maximum absolute atomic E-state index is 9.98. The molecule has 1 atom stereocenters. The predicted octanol–water partition coefficient (Wildman–Crippen LogP) is 3.57. The molecule has 0 N–H and O–H groups in total. The minimum atomic E-state index is -0.188. The summed E-state index contributed by atoms with van der Waals surface area (Å²) in [5.41, 5.74) is 0. The second kappa shape index (κ2) is 8.16. The maximum Gasteiger partial charge on any atom is 0.327 e. The second-order valence-corrected chi connectivity index (χ2v) is 3.20. The molecule has 2 nitrogen and oxygen atoms in total. The molecule has 0 radical (unpaired) electrons. The van der Waals surface area contributed by atoms with Crippen molar-refractivity contribution in [2.75, 3.05) is 0 Å². The van der Waals surface area contributed by atoms with Crippen molar-refractivity contribution in [3.05, 3.63) is 0 Å². The zero-order valence-corrected chi connectivity index (χ0v) is 8.27. The van der Waals surface area contributed by atoms with E-state index in [1.807, 2.05) is 6.92 Å². The van der Waals surface area contributed by atoms with E-state index in [4.69, 9.17) is 4.52 Å². The van der Waals surface area contributed by atoms with Gasteiger partial charge in [-0.2, -0.15) is 0 Å². The molecule has 0 aliphatic rings. The Labute approximate surface area is 70.6 Å². The highest BCUT2D eigenvalue weighted by Crippen LogP contribution is 2.11. The number of hydrogen-bond acceptors (Lipinski definition) is 2. The van der Waals surface area contributed by atoms with Gasteiger partial charge in [-0.1, -0.05) is 32.6 Å². The molecule has 0 aliphatic carbocycles. The molecular weight excluding hydrogens is 159 g/mol. The van der Waals surface area contributed by atoms with Crippen molar-refractivity contribution < 1.29 is 9.09 Å². The van der Waals surface area contributed by atoms with Crippen molar-refractivity contribution in [1.29, 1.82) is 0 Å². The third-order valence-electron chi connectivity index (χ3n) is 1.69. The first-order chi connectivity index (χ1) is 5.31. The van der Waals surface area contributed by atoms with Crippen LogP contribution in [0.5, 0.6) is 0 Å². The monoisotopic (exact) mass is 176 g/mol. The SMILES string of the molecule is CCCCCCC(C)OP=O. The van der Waals surface area contributed by atoms with Crippen LogP contribution >= 0.6 is 8.69 Å². The second-order valence-electron chi connectivity index (χ2n) is 2.84. The lowest BCUT2D eigenvalue weighted by atomic mass is 10.1. The summed E-state index contributed by atoms with van der Waals surface area (Å²) in [7, 11) is -0.188. The quantitative estimate of drug-likeness (QED) is 0.438. The molecule has 0 rings (SSSR count). The van der Waals surface area contributed by atoms with Crippen LogP contribution in [-0.4, -0.2) is 6.10 Å². The van der Waals surface area contributed by atoms with Crippen LogP contribution in [0.4, 0.5) is 0 Å². The Morgan fingerprint density at radius 2 is 2.09 bits per heavy atom. The standard InChI is InChI=1S/C8H17O2P/c1-3-4-5-6-7-8(2)10-11-9/h8H,3-7H2,1-2H3. The van der Waals surface area contributed by atoms with Crippen LogP contribution in [0.1, 0.15) is 46.0 Å². The van der Waals surface area contributed by atoms with E-state index in [2.05, 4.69) is 6.92 Å². The van der Waals surface area contributed by atoms with Gasteiger partial charge in [0.05, 0.1) is 6.10 Å². The molecule has 1 unspecified atom stereocenters. The molecule has 0 aromatic carbocycles. The van der Waals surface area contributed by atoms with Gasteiger partial charge < -0.3 is 0 Å². The average Bonchev–Trinajstić information content (AvgIpc) is 1.99. The highest BCUT2D eigenvalue weighted by Gasteiger charge is 2.00. The summed E-state index contributed by atoms with van der Waals surface area (Å²) < 4.78 is 14.8. The lowest BCUT2D eigenvalue weighted by molar-refractivity contribution is 0.228. The number of hydrogen-bond donors (Lipinski definition) is 0. The predicted molar refractivity (Wildman–Crippen MR) is 46.9 cm³/mol. The van der Waals surface area contributed by atoms with Gasteiger partial charge in [-0.3, -0.25) is 4.52 Å². The van der Waals surface area contributed by atoms with E-state index in [0.717, 1.165) is 6.42 Å². The van der Waals surface area contributed by atoms with Gasteiger partial charge in [0.2, 0.25) is 0 Å². The summed E-state index contributed by atoms with van der Waals surface area (Å²) in [5, 5.41) is 0. The Morgan fingerprint density at radius 1 is 1.36 bits per heavy atom. The third kappa shape index (κ3) is 7.96. The first kappa shape index (κ1) is 11.1. The molecule has 0 saturated heterocycles. The van der Waals surface area contributed by atoms with Crippen LogP contribution in [0.15, 0.2) is 0 Å². The van der Waals surface area contributed by atoms with E-state index in [0.29, 0.717) is 0 Å². The van der Waals surface area contributed by atoms with Crippen LogP contribution in [0.2, 0.25) is 0 Å². The summed E-state index contributed by atoms with van der Waals surface area (Å²) in [6.45, 7) is 4.15. The average molecular weight is 176 g/mol. The molecule has 0 aromatic heterocycles. The highest BCUT2D eigenvalue weighted by atomic mass is 31.1. The largest absolute Gasteiger partial charge is 0.327 e. The summed E-state index contributed by atoms with van der Waals surface area (Å²) in [6.07, 6.45) is 6.17. The van der Waals surface area contributed by atoms with Gasteiger partial charge in [-0.05, 0) is 13.3 Å². The van der Waals surface area contributed by atoms with Crippen LogP contribution in [-0.2, 0) is 9.09 Å². The molecule has 3 heteroatoms. The fourth-order valence-electron chi connectivity index (χ4n) is 0.985. The van der Waals surface area contributed by atoms with Gasteiger partial charge in [0.1, 0.15) is 0 Å². The van der Waals surface area contributed by atoms with E-state index in [9.17, 15) is 4.57 Å². The van der Waals surface area contributed by atoms with Crippen LogP contribution in [0.3, 0.4) is 0 Å². The van der Waals surface area contributed by atoms with E-state index in [-0.39, 0.29) is 14.8 Å². The summed E-state index contributed by atoms with van der Waals surface area (Å²) in [4.78, 5) is 0. The van der Waals surface area contributed by atoms with E-state index in [1.54, 1.807) is 0 Å². The molecule has 0 aliphatic heterocycles. The van der Waals surface area contributed by atoms with Crippen molar-refractivity contribution in [2.24, 2.45) is 0 Å². The Hall–Kier alpha value is 0.0600. The molecular formula is C8H17O2P. The van der Waals surface area contributed by atoms with Crippen molar-refractivity contribution in [2.45, 2.75) is 52.1 Å². The molecule has 0 fully saturated rings. The molecule has 0 heterocycles.